The van der Waals surface area contributed by atoms with Crippen molar-refractivity contribution in [1.82, 2.24) is 15.1 Å². The molecule has 1 aliphatic rings. The van der Waals surface area contributed by atoms with Gasteiger partial charge in [-0.25, -0.2) is 0 Å². The van der Waals surface area contributed by atoms with Gasteiger partial charge in [-0.1, -0.05) is 18.2 Å². The number of aromatic nitrogens is 2. The van der Waals surface area contributed by atoms with E-state index in [1.54, 1.807) is 20.2 Å². The summed E-state index contributed by atoms with van der Waals surface area (Å²) in [5.41, 5.74) is 1.73. The molecule has 0 radical (unpaired) electrons. The van der Waals surface area contributed by atoms with Crippen LogP contribution in [-0.4, -0.2) is 48.3 Å². The number of carbonyl (C=O) groups is 1. The second-order valence-corrected chi connectivity index (χ2v) is 5.91. The lowest BCUT2D eigenvalue weighted by atomic mass is 9.89. The van der Waals surface area contributed by atoms with Crippen molar-refractivity contribution in [3.63, 3.8) is 0 Å². The van der Waals surface area contributed by atoms with Gasteiger partial charge in [0.2, 0.25) is 0 Å². The zero-order chi connectivity index (χ0) is 16.9. The number of rotatable bonds is 4. The summed E-state index contributed by atoms with van der Waals surface area (Å²) >= 11 is 0. The van der Waals surface area contributed by atoms with Crippen LogP contribution in [0.2, 0.25) is 0 Å². The molecule has 3 rings (SSSR count). The van der Waals surface area contributed by atoms with Gasteiger partial charge in [0.1, 0.15) is 11.6 Å². The van der Waals surface area contributed by atoms with E-state index in [9.17, 15) is 4.79 Å². The Morgan fingerprint density at radius 2 is 2.21 bits per heavy atom. The van der Waals surface area contributed by atoms with Crippen molar-refractivity contribution in [2.24, 2.45) is 0 Å². The second kappa shape index (κ2) is 7.29. The number of methoxy groups -OCH3 is 1. The minimum Gasteiger partial charge on any atom is -0.496 e. The first kappa shape index (κ1) is 16.2. The van der Waals surface area contributed by atoms with Gasteiger partial charge >= 0.3 is 0 Å². The van der Waals surface area contributed by atoms with Crippen LogP contribution in [0.3, 0.4) is 0 Å². The molecule has 1 aromatic carbocycles. The van der Waals surface area contributed by atoms with Crippen LogP contribution in [0.1, 0.15) is 34.7 Å². The van der Waals surface area contributed by atoms with E-state index in [4.69, 9.17) is 4.74 Å². The molecule has 1 aromatic heterocycles. The van der Waals surface area contributed by atoms with E-state index < -0.39 is 0 Å². The first-order chi connectivity index (χ1) is 11.7. The fourth-order valence-electron chi connectivity index (χ4n) is 3.21. The largest absolute Gasteiger partial charge is 0.496 e. The van der Waals surface area contributed by atoms with Gasteiger partial charge in [-0.15, -0.1) is 5.10 Å². The topological polar surface area (TPSA) is 67.4 Å². The Morgan fingerprint density at radius 3 is 3.00 bits per heavy atom. The molecule has 1 atom stereocenters. The van der Waals surface area contributed by atoms with Gasteiger partial charge in [-0.3, -0.25) is 4.79 Å². The van der Waals surface area contributed by atoms with Crippen molar-refractivity contribution in [3.05, 3.63) is 47.7 Å². The summed E-state index contributed by atoms with van der Waals surface area (Å²) in [4.78, 5) is 14.7. The fourth-order valence-corrected chi connectivity index (χ4v) is 3.21. The average Bonchev–Trinajstić information content (AvgIpc) is 2.67. The molecular formula is C18H22N4O2. The molecule has 0 aliphatic carbocycles. The lowest BCUT2D eigenvalue weighted by Crippen LogP contribution is -2.39. The third kappa shape index (κ3) is 3.32. The smallest absolute Gasteiger partial charge is 0.255 e. The molecule has 1 unspecified atom stereocenters. The number of carbonyl (C=O) groups excluding carboxylic acids is 1. The summed E-state index contributed by atoms with van der Waals surface area (Å²) < 4.78 is 5.48. The third-order valence-corrected chi connectivity index (χ3v) is 4.44. The van der Waals surface area contributed by atoms with Crippen LogP contribution in [0.5, 0.6) is 5.75 Å². The standard InChI is InChI=1S/C18H22N4O2/c1-19-17-10-14(11-20-21-17)18(23)22-9-5-6-13(12-22)15-7-3-4-8-16(15)24-2/h3-4,7-8,10-11,13H,5-6,9,12H2,1-2H3,(H,19,21). The normalized spacial score (nSPS) is 17.4. The van der Waals surface area contributed by atoms with E-state index in [1.165, 1.54) is 11.8 Å². The van der Waals surface area contributed by atoms with Crippen LogP contribution in [0.25, 0.3) is 0 Å². The highest BCUT2D eigenvalue weighted by Crippen LogP contribution is 2.33. The maximum Gasteiger partial charge on any atom is 0.255 e. The van der Waals surface area contributed by atoms with Gasteiger partial charge in [0.15, 0.2) is 0 Å². The Balaban J connectivity index is 1.79. The van der Waals surface area contributed by atoms with Crippen molar-refractivity contribution >= 4 is 11.7 Å². The summed E-state index contributed by atoms with van der Waals surface area (Å²) in [6.07, 6.45) is 3.56. The molecule has 1 fully saturated rings. The summed E-state index contributed by atoms with van der Waals surface area (Å²) in [6, 6.07) is 9.79. The Morgan fingerprint density at radius 1 is 1.38 bits per heavy atom. The highest BCUT2D eigenvalue weighted by molar-refractivity contribution is 5.94. The number of benzene rings is 1. The molecular weight excluding hydrogens is 304 g/mol. The Bertz CT molecular complexity index is 720. The molecule has 2 aromatic rings. The molecule has 0 saturated carbocycles. The number of para-hydroxylation sites is 1. The second-order valence-electron chi connectivity index (χ2n) is 5.91. The highest BCUT2D eigenvalue weighted by Gasteiger charge is 2.27. The van der Waals surface area contributed by atoms with E-state index >= 15 is 0 Å². The van der Waals surface area contributed by atoms with Crippen LogP contribution in [0, 0.1) is 0 Å². The zero-order valence-corrected chi connectivity index (χ0v) is 14.0. The predicted molar refractivity (Wildman–Crippen MR) is 92.5 cm³/mol. The Kier molecular flexibility index (Phi) is 4.93. The van der Waals surface area contributed by atoms with Crippen molar-refractivity contribution in [1.29, 1.82) is 0 Å². The molecule has 6 heteroatoms. The number of ether oxygens (including phenoxy) is 1. The molecule has 1 N–H and O–H groups in total. The number of amides is 1. The van der Waals surface area contributed by atoms with Gasteiger partial charge < -0.3 is 15.0 Å². The third-order valence-electron chi connectivity index (χ3n) is 4.44. The summed E-state index contributed by atoms with van der Waals surface area (Å²) in [6.45, 7) is 1.46. The van der Waals surface area contributed by atoms with Crippen LogP contribution in [0.4, 0.5) is 5.82 Å². The van der Waals surface area contributed by atoms with Crippen molar-refractivity contribution in [2.75, 3.05) is 32.6 Å². The lowest BCUT2D eigenvalue weighted by molar-refractivity contribution is 0.0705. The summed E-state index contributed by atoms with van der Waals surface area (Å²) in [5, 5.41) is 10.7. The average molecular weight is 326 g/mol. The first-order valence-corrected chi connectivity index (χ1v) is 8.15. The number of anilines is 1. The molecule has 1 saturated heterocycles. The monoisotopic (exact) mass is 326 g/mol. The van der Waals surface area contributed by atoms with Crippen LogP contribution >= 0.6 is 0 Å². The minimum atomic E-state index is 0.000924. The van der Waals surface area contributed by atoms with Gasteiger partial charge in [0.25, 0.3) is 5.91 Å². The first-order valence-electron chi connectivity index (χ1n) is 8.15. The molecule has 126 valence electrons. The highest BCUT2D eigenvalue weighted by atomic mass is 16.5. The van der Waals surface area contributed by atoms with E-state index in [0.717, 1.165) is 25.1 Å². The number of nitrogens with one attached hydrogen (secondary N) is 1. The lowest BCUT2D eigenvalue weighted by Gasteiger charge is -2.33. The summed E-state index contributed by atoms with van der Waals surface area (Å²) in [7, 11) is 3.45. The van der Waals surface area contributed by atoms with E-state index in [0.29, 0.717) is 17.9 Å². The quantitative estimate of drug-likeness (QED) is 0.935. The molecule has 0 spiro atoms. The van der Waals surface area contributed by atoms with Gasteiger partial charge in [0.05, 0.1) is 18.9 Å². The van der Waals surface area contributed by atoms with Crippen molar-refractivity contribution in [2.45, 2.75) is 18.8 Å². The van der Waals surface area contributed by atoms with Gasteiger partial charge in [-0.2, -0.15) is 5.10 Å². The van der Waals surface area contributed by atoms with Crippen LogP contribution in [0.15, 0.2) is 36.5 Å². The molecule has 6 nitrogen and oxygen atoms in total. The van der Waals surface area contributed by atoms with E-state index in [-0.39, 0.29) is 11.8 Å². The van der Waals surface area contributed by atoms with Crippen molar-refractivity contribution < 1.29 is 9.53 Å². The number of nitrogens with zero attached hydrogens (tertiary/aromatic N) is 3. The molecule has 1 amide bonds. The van der Waals surface area contributed by atoms with Gasteiger partial charge in [-0.05, 0) is 30.5 Å². The SMILES string of the molecule is CNc1cc(C(=O)N2CCCC(c3ccccc3OC)C2)cnn1. The summed E-state index contributed by atoms with van der Waals surface area (Å²) in [5.74, 6) is 1.78. The van der Waals surface area contributed by atoms with Crippen LogP contribution < -0.4 is 10.1 Å². The number of hydrogen-bond acceptors (Lipinski definition) is 5. The zero-order valence-electron chi connectivity index (χ0n) is 14.0. The molecule has 2 heterocycles. The van der Waals surface area contributed by atoms with Gasteiger partial charge in [0, 0.05) is 26.1 Å². The maximum atomic E-state index is 12.8. The predicted octanol–water partition coefficient (Wildman–Crippen LogP) is 2.55. The fraction of sp³-hybridized carbons (Fsp3) is 0.389. The number of hydrogen-bond donors (Lipinski definition) is 1. The molecule has 24 heavy (non-hydrogen) atoms. The Labute approximate surface area is 141 Å². The maximum absolute atomic E-state index is 12.8. The van der Waals surface area contributed by atoms with E-state index in [1.807, 2.05) is 23.1 Å². The van der Waals surface area contributed by atoms with Crippen molar-refractivity contribution in [3.8, 4) is 5.75 Å². The number of likely N-dealkylation sites (tertiary alicyclic amines) is 1. The Hall–Kier alpha value is -2.63. The molecule has 0 bridgehead atoms. The van der Waals surface area contributed by atoms with Crippen LogP contribution in [-0.2, 0) is 0 Å². The number of piperidine rings is 1. The van der Waals surface area contributed by atoms with E-state index in [2.05, 4.69) is 21.6 Å². The molecule has 1 aliphatic heterocycles. The minimum absolute atomic E-state index is 0.000924.